The van der Waals surface area contributed by atoms with Gasteiger partial charge in [-0.2, -0.15) is 0 Å². The molecule has 1 unspecified atom stereocenters. The molecule has 4 aromatic rings. The number of methoxy groups -OCH3 is 1. The Labute approximate surface area is 222 Å². The molecule has 2 heterocycles. The van der Waals surface area contributed by atoms with Gasteiger partial charge in [0.25, 0.3) is 5.78 Å². The second kappa shape index (κ2) is 10.2. The molecule has 0 bridgehead atoms. The van der Waals surface area contributed by atoms with Crippen molar-refractivity contribution in [3.8, 4) is 11.5 Å². The fourth-order valence-electron chi connectivity index (χ4n) is 4.21. The summed E-state index contributed by atoms with van der Waals surface area (Å²) < 4.78 is 11.7. The van der Waals surface area contributed by atoms with Crippen molar-refractivity contribution in [1.82, 2.24) is 4.98 Å². The number of Topliss-reactive ketones (excluding diaryl/α,β-unsaturated/α-hetero) is 1. The third-order valence-electron chi connectivity index (χ3n) is 6.02. The summed E-state index contributed by atoms with van der Waals surface area (Å²) in [5.41, 5.74) is 1.66. The van der Waals surface area contributed by atoms with Crippen molar-refractivity contribution < 1.29 is 24.2 Å². The van der Waals surface area contributed by atoms with Gasteiger partial charge in [-0.15, -0.1) is 0 Å². The number of halogens is 1. The maximum absolute atomic E-state index is 13.4. The topological polar surface area (TPSA) is 89.0 Å². The Bertz CT molecular complexity index is 1510. The summed E-state index contributed by atoms with van der Waals surface area (Å²) in [7, 11) is 1.56. The maximum Gasteiger partial charge on any atom is 0.301 e. The van der Waals surface area contributed by atoms with Crippen molar-refractivity contribution in [3.63, 3.8) is 0 Å². The molecule has 5 rings (SSSR count). The van der Waals surface area contributed by atoms with Gasteiger partial charge in [-0.05, 0) is 66.6 Å². The number of aliphatic hydroxyl groups is 1. The first kappa shape index (κ1) is 24.8. The van der Waals surface area contributed by atoms with Gasteiger partial charge >= 0.3 is 5.91 Å². The number of ether oxygens (including phenoxy) is 2. The number of rotatable bonds is 7. The van der Waals surface area contributed by atoms with Crippen molar-refractivity contribution in [2.75, 3.05) is 18.6 Å². The first-order valence-electron chi connectivity index (χ1n) is 11.7. The minimum Gasteiger partial charge on any atom is -0.507 e. The molecule has 3 aromatic carbocycles. The SMILES string of the molecule is CCCOc1ccc(C(O)=C2C(=O)C(=O)N(c3nc4ccc(Cl)cc4s3)C2c2ccc(OC)cc2)cc1. The van der Waals surface area contributed by atoms with Crippen LogP contribution in [0.1, 0.15) is 30.5 Å². The molecular weight excluding hydrogens is 512 g/mol. The third-order valence-corrected chi connectivity index (χ3v) is 7.27. The lowest BCUT2D eigenvalue weighted by molar-refractivity contribution is -0.132. The normalized spacial score (nSPS) is 16.9. The van der Waals surface area contributed by atoms with Crippen LogP contribution in [0.15, 0.2) is 72.3 Å². The third kappa shape index (κ3) is 4.65. The Morgan fingerprint density at radius 2 is 1.76 bits per heavy atom. The standard InChI is InChI=1S/C28H23ClN2O5S/c1-3-14-36-20-11-6-17(7-12-20)25(32)23-24(16-4-9-19(35-2)10-5-16)31(27(34)26(23)33)28-30-21-13-8-18(29)15-22(21)37-28/h4-13,15,24,32H,3,14H2,1-2H3. The van der Waals surface area contributed by atoms with Crippen LogP contribution in [0, 0.1) is 0 Å². The zero-order valence-electron chi connectivity index (χ0n) is 20.1. The highest BCUT2D eigenvalue weighted by Gasteiger charge is 2.48. The van der Waals surface area contributed by atoms with Crippen LogP contribution in [-0.2, 0) is 9.59 Å². The van der Waals surface area contributed by atoms with Gasteiger partial charge in [-0.1, -0.05) is 42.0 Å². The number of hydrogen-bond donors (Lipinski definition) is 1. The largest absolute Gasteiger partial charge is 0.507 e. The van der Waals surface area contributed by atoms with Gasteiger partial charge in [0.2, 0.25) is 0 Å². The fourth-order valence-corrected chi connectivity index (χ4v) is 5.47. The van der Waals surface area contributed by atoms with Crippen LogP contribution in [0.3, 0.4) is 0 Å². The van der Waals surface area contributed by atoms with Crippen molar-refractivity contribution >= 4 is 55.7 Å². The van der Waals surface area contributed by atoms with E-state index in [4.69, 9.17) is 21.1 Å². The summed E-state index contributed by atoms with van der Waals surface area (Å²) in [6.45, 7) is 2.58. The molecule has 1 amide bonds. The summed E-state index contributed by atoms with van der Waals surface area (Å²) in [6.07, 6.45) is 0.866. The van der Waals surface area contributed by atoms with Crippen LogP contribution < -0.4 is 14.4 Å². The zero-order valence-corrected chi connectivity index (χ0v) is 21.7. The summed E-state index contributed by atoms with van der Waals surface area (Å²) in [4.78, 5) is 32.7. The number of thiazole rings is 1. The smallest absolute Gasteiger partial charge is 0.301 e. The molecule has 1 aliphatic heterocycles. The summed E-state index contributed by atoms with van der Waals surface area (Å²) in [5.74, 6) is -0.554. The van der Waals surface area contributed by atoms with E-state index in [-0.39, 0.29) is 11.3 Å². The van der Waals surface area contributed by atoms with Crippen LogP contribution in [0.4, 0.5) is 5.13 Å². The average Bonchev–Trinajstić information content (AvgIpc) is 3.45. The highest BCUT2D eigenvalue weighted by Crippen LogP contribution is 2.44. The van der Waals surface area contributed by atoms with Gasteiger partial charge in [0, 0.05) is 10.6 Å². The fraction of sp³-hybridized carbons (Fsp3) is 0.179. The van der Waals surface area contributed by atoms with Gasteiger partial charge in [-0.25, -0.2) is 4.98 Å². The number of amides is 1. The van der Waals surface area contributed by atoms with E-state index in [1.54, 1.807) is 73.8 Å². The maximum atomic E-state index is 13.4. The molecule has 37 heavy (non-hydrogen) atoms. The van der Waals surface area contributed by atoms with Crippen molar-refractivity contribution in [2.45, 2.75) is 19.4 Å². The van der Waals surface area contributed by atoms with E-state index in [0.29, 0.717) is 44.9 Å². The Balaban J connectivity index is 1.64. The minimum atomic E-state index is -0.891. The number of carbonyl (C=O) groups is 2. The van der Waals surface area contributed by atoms with E-state index in [1.807, 2.05) is 6.92 Å². The van der Waals surface area contributed by atoms with Gasteiger partial charge in [0.1, 0.15) is 17.3 Å². The lowest BCUT2D eigenvalue weighted by Gasteiger charge is -2.23. The number of anilines is 1. The molecule has 0 spiro atoms. The quantitative estimate of drug-likeness (QED) is 0.168. The molecule has 1 atom stereocenters. The molecule has 188 valence electrons. The van der Waals surface area contributed by atoms with Gasteiger partial charge < -0.3 is 14.6 Å². The Hall–Kier alpha value is -3.88. The number of nitrogens with zero attached hydrogens (tertiary/aromatic N) is 2. The van der Waals surface area contributed by atoms with Gasteiger partial charge in [0.05, 0.1) is 35.5 Å². The Morgan fingerprint density at radius 1 is 1.05 bits per heavy atom. The molecule has 1 aromatic heterocycles. The van der Waals surface area contributed by atoms with Crippen LogP contribution in [0.5, 0.6) is 11.5 Å². The minimum absolute atomic E-state index is 0.0188. The van der Waals surface area contributed by atoms with Gasteiger partial charge in [0.15, 0.2) is 5.13 Å². The number of benzene rings is 3. The number of fused-ring (bicyclic) bond motifs is 1. The molecule has 0 radical (unpaired) electrons. The molecule has 0 aliphatic carbocycles. The molecule has 9 heteroatoms. The van der Waals surface area contributed by atoms with Crippen LogP contribution in [0.25, 0.3) is 16.0 Å². The predicted molar refractivity (Wildman–Crippen MR) is 145 cm³/mol. The van der Waals surface area contributed by atoms with E-state index in [2.05, 4.69) is 4.98 Å². The van der Waals surface area contributed by atoms with Crippen LogP contribution in [-0.4, -0.2) is 35.5 Å². The summed E-state index contributed by atoms with van der Waals surface area (Å²) in [5, 5.41) is 12.2. The second-order valence-corrected chi connectivity index (χ2v) is 9.87. The van der Waals surface area contributed by atoms with Crippen molar-refractivity contribution in [3.05, 3.63) is 88.5 Å². The molecule has 1 fully saturated rings. The second-order valence-electron chi connectivity index (χ2n) is 8.42. The Kier molecular flexibility index (Phi) is 6.86. The van der Waals surface area contributed by atoms with E-state index >= 15 is 0 Å². The molecular formula is C28H23ClN2O5S. The van der Waals surface area contributed by atoms with Crippen molar-refractivity contribution in [1.29, 1.82) is 0 Å². The number of carbonyl (C=O) groups excluding carboxylic acids is 2. The summed E-state index contributed by atoms with van der Waals surface area (Å²) in [6, 6.07) is 18.1. The van der Waals surface area contributed by atoms with E-state index < -0.39 is 17.7 Å². The molecule has 0 saturated carbocycles. The highest BCUT2D eigenvalue weighted by atomic mass is 35.5. The molecule has 1 saturated heterocycles. The lowest BCUT2D eigenvalue weighted by atomic mass is 9.95. The van der Waals surface area contributed by atoms with E-state index in [0.717, 1.165) is 11.1 Å². The number of hydrogen-bond acceptors (Lipinski definition) is 7. The number of ketones is 1. The first-order valence-corrected chi connectivity index (χ1v) is 12.8. The number of aliphatic hydroxyl groups excluding tert-OH is 1. The molecule has 7 nitrogen and oxygen atoms in total. The van der Waals surface area contributed by atoms with Crippen molar-refractivity contribution in [2.24, 2.45) is 0 Å². The van der Waals surface area contributed by atoms with Gasteiger partial charge in [-0.3, -0.25) is 14.5 Å². The monoisotopic (exact) mass is 534 g/mol. The van der Waals surface area contributed by atoms with E-state index in [1.165, 1.54) is 16.2 Å². The lowest BCUT2D eigenvalue weighted by Crippen LogP contribution is -2.29. The Morgan fingerprint density at radius 3 is 2.43 bits per heavy atom. The molecule has 1 aliphatic rings. The summed E-state index contributed by atoms with van der Waals surface area (Å²) >= 11 is 7.40. The van der Waals surface area contributed by atoms with Crippen LogP contribution >= 0.6 is 22.9 Å². The van der Waals surface area contributed by atoms with Crippen LogP contribution in [0.2, 0.25) is 5.02 Å². The number of aromatic nitrogens is 1. The molecule has 1 N–H and O–H groups in total. The first-order chi connectivity index (χ1) is 17.9. The predicted octanol–water partition coefficient (Wildman–Crippen LogP) is 6.37. The average molecular weight is 535 g/mol. The highest BCUT2D eigenvalue weighted by molar-refractivity contribution is 7.22. The van der Waals surface area contributed by atoms with E-state index in [9.17, 15) is 14.7 Å². The zero-order chi connectivity index (χ0) is 26.1.